The highest BCUT2D eigenvalue weighted by molar-refractivity contribution is 6.37. The minimum Gasteiger partial charge on any atom is -0.497 e. The quantitative estimate of drug-likeness (QED) is 0.720. The number of benzene rings is 2. The van der Waals surface area contributed by atoms with Gasteiger partial charge in [-0.3, -0.25) is 0 Å². The molecule has 0 bridgehead atoms. The second-order valence-electron chi connectivity index (χ2n) is 3.33. The summed E-state index contributed by atoms with van der Waals surface area (Å²) in [7, 11) is 1.61. The molecule has 4 nitrogen and oxygen atoms in total. The van der Waals surface area contributed by atoms with Crippen molar-refractivity contribution in [3.8, 4) is 17.2 Å². The summed E-state index contributed by atoms with van der Waals surface area (Å²) in [4.78, 5) is 0. The Bertz CT molecular complexity index is 539. The molecule has 0 heterocycles. The fraction of sp³-hybridized carbons (Fsp3) is 0.0769. The third-order valence-corrected chi connectivity index (χ3v) is 2.79. The van der Waals surface area contributed by atoms with Gasteiger partial charge in [0, 0.05) is 10.8 Å². The third-order valence-electron chi connectivity index (χ3n) is 2.20. The van der Waals surface area contributed by atoms with Gasteiger partial charge in [0.1, 0.15) is 11.5 Å². The van der Waals surface area contributed by atoms with E-state index in [1.165, 1.54) is 0 Å². The Kier molecular flexibility index (Phi) is 8.49. The van der Waals surface area contributed by atoms with Crippen LogP contribution in [0, 0.1) is 10.8 Å². The van der Waals surface area contributed by atoms with Crippen molar-refractivity contribution in [2.45, 2.75) is 0 Å². The zero-order valence-corrected chi connectivity index (χ0v) is 12.7. The van der Waals surface area contributed by atoms with Crippen molar-refractivity contribution >= 4 is 35.6 Å². The summed E-state index contributed by atoms with van der Waals surface area (Å²) in [6.07, 6.45) is 0. The Labute approximate surface area is 133 Å². The number of hydrogen-bond donors (Lipinski definition) is 0. The van der Waals surface area contributed by atoms with E-state index in [4.69, 9.17) is 43.5 Å². The summed E-state index contributed by atoms with van der Waals surface area (Å²) < 4.78 is 10.7. The molecular formula is C13H11Cl3N2O2. The molecule has 0 aromatic heterocycles. The molecular weight excluding hydrogens is 323 g/mol. The first-order valence-corrected chi connectivity index (χ1v) is 5.92. The predicted octanol–water partition coefficient (Wildman–Crippen LogP) is 5.25. The molecule has 0 radical (unpaired) electrons. The monoisotopic (exact) mass is 332 g/mol. The fourth-order valence-electron chi connectivity index (χ4n) is 1.34. The topological polar surface area (TPSA) is 66.0 Å². The summed E-state index contributed by atoms with van der Waals surface area (Å²) in [6.45, 7) is 0. The van der Waals surface area contributed by atoms with Gasteiger partial charge in [-0.1, -0.05) is 29.3 Å². The van der Waals surface area contributed by atoms with Crippen LogP contribution in [0.1, 0.15) is 0 Å². The second-order valence-corrected chi connectivity index (χ2v) is 4.14. The van der Waals surface area contributed by atoms with E-state index in [0.717, 1.165) is 5.75 Å². The third kappa shape index (κ3) is 4.78. The van der Waals surface area contributed by atoms with Gasteiger partial charge in [-0.15, -0.1) is 12.4 Å². The summed E-state index contributed by atoms with van der Waals surface area (Å²) in [5, 5.41) is 13.0. The average molecular weight is 334 g/mol. The van der Waals surface area contributed by atoms with Gasteiger partial charge in [-0.05, 0) is 36.4 Å². The van der Waals surface area contributed by atoms with Gasteiger partial charge >= 0.3 is 0 Å². The highest BCUT2D eigenvalue weighted by Gasteiger charge is 2.07. The van der Waals surface area contributed by atoms with Crippen LogP contribution < -0.4 is 9.47 Å². The van der Waals surface area contributed by atoms with Crippen molar-refractivity contribution in [2.75, 3.05) is 7.11 Å². The number of ether oxygens (including phenoxy) is 2. The van der Waals surface area contributed by atoms with Crippen LogP contribution in [-0.4, -0.2) is 7.11 Å². The summed E-state index contributed by atoms with van der Waals surface area (Å²) in [5.74, 6) is 1.88. The van der Waals surface area contributed by atoms with Crippen molar-refractivity contribution < 1.29 is 9.47 Å². The van der Waals surface area contributed by atoms with E-state index in [2.05, 4.69) is 0 Å². The van der Waals surface area contributed by atoms with Gasteiger partial charge in [0.05, 0.1) is 17.2 Å². The molecule has 2 aromatic rings. The van der Waals surface area contributed by atoms with E-state index in [1.807, 2.05) is 0 Å². The minimum absolute atomic E-state index is 0. The summed E-state index contributed by atoms with van der Waals surface area (Å²) in [6, 6.07) is 12.4. The number of hydrogen-bond acceptors (Lipinski definition) is 4. The lowest BCUT2D eigenvalue weighted by atomic mass is 10.3. The van der Waals surface area contributed by atoms with Crippen molar-refractivity contribution in [2.24, 2.45) is 0 Å². The molecule has 0 aliphatic carbocycles. The highest BCUT2D eigenvalue weighted by atomic mass is 35.5. The summed E-state index contributed by atoms with van der Waals surface area (Å²) in [5.41, 5.74) is 0. The molecule has 0 fully saturated rings. The van der Waals surface area contributed by atoms with E-state index in [1.54, 1.807) is 49.6 Å². The predicted molar refractivity (Wildman–Crippen MR) is 80.2 cm³/mol. The number of nitrogens with zero attached hydrogens (tertiary/aromatic N) is 2. The van der Waals surface area contributed by atoms with Crippen LogP contribution in [-0.2, 0) is 0 Å². The Hall–Kier alpha value is -1.67. The molecule has 0 N–H and O–H groups in total. The molecule has 0 spiro atoms. The molecule has 0 aliphatic rings. The van der Waals surface area contributed by atoms with Gasteiger partial charge in [0.15, 0.2) is 5.75 Å². The first-order chi connectivity index (χ1) is 9.20. The SMILES string of the molecule is COc1ccc(Oc2c(Cl)cccc2Cl)cc1.Cl.N#N. The lowest BCUT2D eigenvalue weighted by Crippen LogP contribution is -1.87. The van der Waals surface area contributed by atoms with Crippen LogP contribution >= 0.6 is 35.6 Å². The fourth-order valence-corrected chi connectivity index (χ4v) is 1.82. The Morgan fingerprint density at radius 2 is 1.30 bits per heavy atom. The molecule has 2 rings (SSSR count). The van der Waals surface area contributed by atoms with Gasteiger partial charge < -0.3 is 9.47 Å². The maximum absolute atomic E-state index is 6.00. The van der Waals surface area contributed by atoms with Crippen LogP contribution in [0.4, 0.5) is 0 Å². The maximum Gasteiger partial charge on any atom is 0.164 e. The van der Waals surface area contributed by atoms with Crippen LogP contribution in [0.5, 0.6) is 17.2 Å². The Morgan fingerprint density at radius 1 is 0.850 bits per heavy atom. The van der Waals surface area contributed by atoms with Crippen molar-refractivity contribution in [1.29, 1.82) is 10.8 Å². The van der Waals surface area contributed by atoms with Crippen LogP contribution in [0.2, 0.25) is 10.0 Å². The van der Waals surface area contributed by atoms with Crippen LogP contribution in [0.25, 0.3) is 0 Å². The number of methoxy groups -OCH3 is 1. The van der Waals surface area contributed by atoms with Gasteiger partial charge in [0.25, 0.3) is 0 Å². The van der Waals surface area contributed by atoms with E-state index in [9.17, 15) is 0 Å². The largest absolute Gasteiger partial charge is 0.497 e. The molecule has 2 aromatic carbocycles. The first-order valence-electron chi connectivity index (χ1n) is 5.16. The van der Waals surface area contributed by atoms with Crippen molar-refractivity contribution in [3.63, 3.8) is 0 Å². The molecule has 0 saturated carbocycles. The van der Waals surface area contributed by atoms with Crippen LogP contribution in [0.15, 0.2) is 42.5 Å². The molecule has 20 heavy (non-hydrogen) atoms. The lowest BCUT2D eigenvalue weighted by Gasteiger charge is -2.09. The second kappa shape index (κ2) is 9.27. The highest BCUT2D eigenvalue weighted by Crippen LogP contribution is 2.36. The molecule has 0 amide bonds. The molecule has 0 saturated heterocycles. The van der Waals surface area contributed by atoms with Crippen LogP contribution in [0.3, 0.4) is 0 Å². The normalized spacial score (nSPS) is 8.65. The zero-order valence-electron chi connectivity index (χ0n) is 10.4. The Balaban J connectivity index is 0.00000115. The Morgan fingerprint density at radius 3 is 1.75 bits per heavy atom. The van der Waals surface area contributed by atoms with E-state index >= 15 is 0 Å². The van der Waals surface area contributed by atoms with Crippen molar-refractivity contribution in [1.82, 2.24) is 0 Å². The van der Waals surface area contributed by atoms with Gasteiger partial charge in [-0.2, -0.15) is 0 Å². The smallest absolute Gasteiger partial charge is 0.164 e. The molecule has 0 aliphatic heterocycles. The van der Waals surface area contributed by atoms with Gasteiger partial charge in [0.2, 0.25) is 0 Å². The first kappa shape index (κ1) is 18.3. The standard InChI is InChI=1S/C13H10Cl2O2.ClH.N2/c1-16-9-5-7-10(8-6-9)17-13-11(14)3-2-4-12(13)15;;1-2/h2-8H,1H3;1H;. The lowest BCUT2D eigenvalue weighted by molar-refractivity contribution is 0.413. The molecule has 0 atom stereocenters. The number of para-hydroxylation sites is 1. The van der Waals surface area contributed by atoms with E-state index in [-0.39, 0.29) is 12.4 Å². The van der Waals surface area contributed by atoms with Crippen molar-refractivity contribution in [3.05, 3.63) is 52.5 Å². The average Bonchev–Trinajstić information content (AvgIpc) is 2.46. The number of rotatable bonds is 3. The zero-order chi connectivity index (χ0) is 14.3. The van der Waals surface area contributed by atoms with E-state index < -0.39 is 0 Å². The van der Waals surface area contributed by atoms with E-state index in [0.29, 0.717) is 21.5 Å². The van der Waals surface area contributed by atoms with Gasteiger partial charge in [-0.25, -0.2) is 0 Å². The minimum atomic E-state index is 0. The molecule has 106 valence electrons. The summed E-state index contributed by atoms with van der Waals surface area (Å²) >= 11 is 12.0. The number of halogens is 3. The molecule has 0 unspecified atom stereocenters. The maximum atomic E-state index is 6.00. The molecule has 7 heteroatoms.